The number of halogens is 1. The van der Waals surface area contributed by atoms with Gasteiger partial charge in [-0.25, -0.2) is 4.39 Å². The smallest absolute Gasteiger partial charge is 0.251 e. The fraction of sp³-hybridized carbons (Fsp3) is 0.381. The number of rotatable bonds is 4. The summed E-state index contributed by atoms with van der Waals surface area (Å²) in [5.41, 5.74) is 2.17. The molecule has 0 saturated carbocycles. The van der Waals surface area contributed by atoms with Crippen molar-refractivity contribution in [3.8, 4) is 11.1 Å². The third-order valence-electron chi connectivity index (χ3n) is 5.26. The van der Waals surface area contributed by atoms with E-state index in [1.807, 2.05) is 24.3 Å². The zero-order valence-corrected chi connectivity index (χ0v) is 14.7. The van der Waals surface area contributed by atoms with Crippen molar-refractivity contribution in [3.63, 3.8) is 0 Å². The summed E-state index contributed by atoms with van der Waals surface area (Å²) in [6.45, 7) is 3.38. The van der Waals surface area contributed by atoms with Crippen LogP contribution in [0.25, 0.3) is 11.1 Å². The van der Waals surface area contributed by atoms with E-state index < -0.39 is 0 Å². The predicted molar refractivity (Wildman–Crippen MR) is 98.5 cm³/mol. The normalized spacial score (nSPS) is 23.3. The van der Waals surface area contributed by atoms with Gasteiger partial charge in [0.05, 0.1) is 25.3 Å². The summed E-state index contributed by atoms with van der Waals surface area (Å²) < 4.78 is 19.1. The van der Waals surface area contributed by atoms with Crippen LogP contribution in [0.2, 0.25) is 0 Å². The van der Waals surface area contributed by atoms with E-state index >= 15 is 0 Å². The van der Waals surface area contributed by atoms with E-state index in [2.05, 4.69) is 10.2 Å². The SMILES string of the molecule is O=C(N[C@H]1COC[C@@H]1N1CCCC1)c1cccc(-c2cccc(F)c2)c1. The van der Waals surface area contributed by atoms with Gasteiger partial charge in [0.1, 0.15) is 5.82 Å². The summed E-state index contributed by atoms with van der Waals surface area (Å²) in [6, 6.07) is 14.0. The Bertz CT molecular complexity index is 789. The minimum atomic E-state index is -0.283. The number of likely N-dealkylation sites (tertiary alicyclic amines) is 1. The van der Waals surface area contributed by atoms with E-state index in [9.17, 15) is 9.18 Å². The van der Waals surface area contributed by atoms with Gasteiger partial charge in [-0.15, -0.1) is 0 Å². The number of nitrogens with zero attached hydrogens (tertiary/aromatic N) is 1. The Labute approximate surface area is 153 Å². The van der Waals surface area contributed by atoms with Gasteiger partial charge < -0.3 is 10.1 Å². The van der Waals surface area contributed by atoms with Crippen LogP contribution in [0.3, 0.4) is 0 Å². The van der Waals surface area contributed by atoms with Crippen molar-refractivity contribution in [1.29, 1.82) is 0 Å². The average Bonchev–Trinajstić information content (AvgIpc) is 3.33. The van der Waals surface area contributed by atoms with Crippen LogP contribution in [0.5, 0.6) is 0 Å². The molecule has 2 fully saturated rings. The van der Waals surface area contributed by atoms with E-state index in [1.165, 1.54) is 25.0 Å². The molecule has 2 saturated heterocycles. The zero-order chi connectivity index (χ0) is 17.9. The number of carbonyl (C=O) groups is 1. The van der Waals surface area contributed by atoms with Crippen LogP contribution in [0.15, 0.2) is 48.5 Å². The van der Waals surface area contributed by atoms with Crippen LogP contribution in [-0.2, 0) is 4.74 Å². The molecule has 2 aliphatic rings. The zero-order valence-electron chi connectivity index (χ0n) is 14.7. The van der Waals surface area contributed by atoms with Gasteiger partial charge in [-0.1, -0.05) is 24.3 Å². The molecule has 4 rings (SSSR count). The maximum atomic E-state index is 13.5. The molecule has 2 aliphatic heterocycles. The fourth-order valence-corrected chi connectivity index (χ4v) is 3.87. The first-order valence-electron chi connectivity index (χ1n) is 9.19. The number of hydrogen-bond donors (Lipinski definition) is 1. The Balaban J connectivity index is 1.49. The molecule has 0 aromatic heterocycles. The Kier molecular flexibility index (Phi) is 5.00. The number of hydrogen-bond acceptors (Lipinski definition) is 3. The first kappa shape index (κ1) is 17.2. The highest BCUT2D eigenvalue weighted by molar-refractivity contribution is 5.95. The second kappa shape index (κ2) is 7.56. The highest BCUT2D eigenvalue weighted by atomic mass is 19.1. The molecular formula is C21H23FN2O2. The van der Waals surface area contributed by atoms with Crippen LogP contribution in [0.4, 0.5) is 4.39 Å². The Morgan fingerprint density at radius 1 is 1.04 bits per heavy atom. The van der Waals surface area contributed by atoms with Crippen molar-refractivity contribution in [2.24, 2.45) is 0 Å². The van der Waals surface area contributed by atoms with Gasteiger partial charge in [-0.3, -0.25) is 9.69 Å². The molecule has 0 unspecified atom stereocenters. The van der Waals surface area contributed by atoms with Gasteiger partial charge in [0.25, 0.3) is 5.91 Å². The number of nitrogens with one attached hydrogen (secondary N) is 1. The van der Waals surface area contributed by atoms with Crippen LogP contribution < -0.4 is 5.32 Å². The molecule has 5 heteroatoms. The predicted octanol–water partition coefficient (Wildman–Crippen LogP) is 3.09. The van der Waals surface area contributed by atoms with Crippen LogP contribution in [-0.4, -0.2) is 49.2 Å². The van der Waals surface area contributed by atoms with Crippen molar-refractivity contribution in [2.75, 3.05) is 26.3 Å². The summed E-state index contributed by atoms with van der Waals surface area (Å²) in [5, 5.41) is 3.13. The summed E-state index contributed by atoms with van der Waals surface area (Å²) in [6.07, 6.45) is 2.43. The van der Waals surface area contributed by atoms with Crippen molar-refractivity contribution >= 4 is 5.91 Å². The molecule has 0 aliphatic carbocycles. The summed E-state index contributed by atoms with van der Waals surface area (Å²) >= 11 is 0. The van der Waals surface area contributed by atoms with Gasteiger partial charge in [0.15, 0.2) is 0 Å². The first-order valence-corrected chi connectivity index (χ1v) is 9.19. The highest BCUT2D eigenvalue weighted by Gasteiger charge is 2.35. The molecule has 4 nitrogen and oxygen atoms in total. The molecule has 0 radical (unpaired) electrons. The topological polar surface area (TPSA) is 41.6 Å². The molecule has 2 aromatic carbocycles. The van der Waals surface area contributed by atoms with Gasteiger partial charge in [-0.05, 0) is 61.3 Å². The second-order valence-corrected chi connectivity index (χ2v) is 7.02. The molecule has 136 valence electrons. The number of amides is 1. The molecular weight excluding hydrogens is 331 g/mol. The average molecular weight is 354 g/mol. The molecule has 1 amide bonds. The van der Waals surface area contributed by atoms with Crippen molar-refractivity contribution < 1.29 is 13.9 Å². The molecule has 1 N–H and O–H groups in total. The number of benzene rings is 2. The summed E-state index contributed by atoms with van der Waals surface area (Å²) in [7, 11) is 0. The minimum Gasteiger partial charge on any atom is -0.378 e. The highest BCUT2D eigenvalue weighted by Crippen LogP contribution is 2.22. The fourth-order valence-electron chi connectivity index (χ4n) is 3.87. The van der Waals surface area contributed by atoms with E-state index in [1.54, 1.807) is 12.1 Å². The quantitative estimate of drug-likeness (QED) is 0.917. The third-order valence-corrected chi connectivity index (χ3v) is 5.26. The molecule has 2 aromatic rings. The Morgan fingerprint density at radius 2 is 1.77 bits per heavy atom. The van der Waals surface area contributed by atoms with Gasteiger partial charge >= 0.3 is 0 Å². The number of ether oxygens (including phenoxy) is 1. The van der Waals surface area contributed by atoms with E-state index in [-0.39, 0.29) is 23.8 Å². The molecule has 2 atom stereocenters. The second-order valence-electron chi connectivity index (χ2n) is 7.02. The van der Waals surface area contributed by atoms with Gasteiger partial charge in [-0.2, -0.15) is 0 Å². The molecule has 0 spiro atoms. The maximum absolute atomic E-state index is 13.5. The van der Waals surface area contributed by atoms with E-state index in [4.69, 9.17) is 4.74 Å². The molecule has 2 heterocycles. The van der Waals surface area contributed by atoms with Crippen LogP contribution in [0.1, 0.15) is 23.2 Å². The monoisotopic (exact) mass is 354 g/mol. The van der Waals surface area contributed by atoms with Crippen molar-refractivity contribution in [3.05, 3.63) is 59.9 Å². The van der Waals surface area contributed by atoms with E-state index in [0.717, 1.165) is 24.2 Å². The lowest BCUT2D eigenvalue weighted by Gasteiger charge is -2.28. The van der Waals surface area contributed by atoms with E-state index in [0.29, 0.717) is 18.8 Å². The van der Waals surface area contributed by atoms with Crippen LogP contribution in [0, 0.1) is 5.82 Å². The first-order chi connectivity index (χ1) is 12.7. The summed E-state index contributed by atoms with van der Waals surface area (Å²) in [4.78, 5) is 15.2. The minimum absolute atomic E-state index is 0.0124. The van der Waals surface area contributed by atoms with Crippen LogP contribution >= 0.6 is 0 Å². The van der Waals surface area contributed by atoms with Gasteiger partial charge in [0, 0.05) is 5.56 Å². The molecule has 0 bridgehead atoms. The summed E-state index contributed by atoms with van der Waals surface area (Å²) in [5.74, 6) is -0.392. The van der Waals surface area contributed by atoms with Crippen molar-refractivity contribution in [1.82, 2.24) is 10.2 Å². The Hall–Kier alpha value is -2.24. The maximum Gasteiger partial charge on any atom is 0.251 e. The standard InChI is InChI=1S/C21H23FN2O2/c22-18-8-4-6-16(12-18)15-5-3-7-17(11-15)21(25)23-19-13-26-14-20(19)24-9-1-2-10-24/h3-8,11-12,19-20H,1-2,9-10,13-14H2,(H,23,25)/t19-,20-/m0/s1. The van der Waals surface area contributed by atoms with Crippen molar-refractivity contribution in [2.45, 2.75) is 24.9 Å². The molecule has 26 heavy (non-hydrogen) atoms. The largest absolute Gasteiger partial charge is 0.378 e. The lowest BCUT2D eigenvalue weighted by atomic mass is 10.0. The Morgan fingerprint density at radius 3 is 2.54 bits per heavy atom. The number of carbonyl (C=O) groups excluding carboxylic acids is 1. The lowest BCUT2D eigenvalue weighted by molar-refractivity contribution is 0.0916. The lowest BCUT2D eigenvalue weighted by Crippen LogP contribution is -2.50. The third kappa shape index (κ3) is 3.64. The van der Waals surface area contributed by atoms with Gasteiger partial charge in [0.2, 0.25) is 0 Å².